The van der Waals surface area contributed by atoms with E-state index in [-0.39, 0.29) is 0 Å². The highest BCUT2D eigenvalue weighted by Crippen LogP contribution is 2.00. The van der Waals surface area contributed by atoms with E-state index in [1.165, 1.54) is 31.6 Å². The molecule has 0 aliphatic heterocycles. The zero-order chi connectivity index (χ0) is 13.9. The van der Waals surface area contributed by atoms with Crippen LogP contribution in [0.15, 0.2) is 18.2 Å². The van der Waals surface area contributed by atoms with Crippen molar-refractivity contribution in [3.63, 3.8) is 0 Å². The van der Waals surface area contributed by atoms with Gasteiger partial charge in [-0.25, -0.2) is 0 Å². The molecule has 1 aromatic heterocycles. The van der Waals surface area contributed by atoms with E-state index in [9.17, 15) is 0 Å². The minimum Gasteiger partial charge on any atom is -0.310 e. The molecular formula is C16H29N3. The van der Waals surface area contributed by atoms with Crippen LogP contribution in [0.5, 0.6) is 0 Å². The Kier molecular flexibility index (Phi) is 8.43. The molecule has 0 saturated heterocycles. The van der Waals surface area contributed by atoms with E-state index in [0.717, 1.165) is 31.7 Å². The van der Waals surface area contributed by atoms with Crippen LogP contribution < -0.4 is 5.32 Å². The number of pyridine rings is 1. The molecule has 0 saturated carbocycles. The lowest BCUT2D eigenvalue weighted by atomic mass is 10.2. The van der Waals surface area contributed by atoms with Gasteiger partial charge in [-0.1, -0.05) is 26.8 Å². The van der Waals surface area contributed by atoms with Crippen molar-refractivity contribution in [3.8, 4) is 0 Å². The average molecular weight is 263 g/mol. The van der Waals surface area contributed by atoms with Gasteiger partial charge in [-0.2, -0.15) is 0 Å². The van der Waals surface area contributed by atoms with Gasteiger partial charge in [-0.05, 0) is 44.5 Å². The Bertz CT molecular complexity index is 333. The highest BCUT2D eigenvalue weighted by molar-refractivity contribution is 5.10. The summed E-state index contributed by atoms with van der Waals surface area (Å²) < 4.78 is 0. The molecule has 3 heteroatoms. The van der Waals surface area contributed by atoms with E-state index in [0.29, 0.717) is 0 Å². The molecule has 1 heterocycles. The Morgan fingerprint density at radius 2 is 1.68 bits per heavy atom. The predicted molar refractivity (Wildman–Crippen MR) is 82.3 cm³/mol. The summed E-state index contributed by atoms with van der Waals surface area (Å²) in [7, 11) is 0. The van der Waals surface area contributed by atoms with E-state index in [4.69, 9.17) is 0 Å². The fourth-order valence-electron chi connectivity index (χ4n) is 2.25. The Morgan fingerprint density at radius 1 is 1.00 bits per heavy atom. The molecule has 0 unspecified atom stereocenters. The molecule has 0 amide bonds. The third-order valence-electron chi connectivity index (χ3n) is 3.22. The van der Waals surface area contributed by atoms with Gasteiger partial charge in [0.25, 0.3) is 0 Å². The van der Waals surface area contributed by atoms with E-state index in [1.54, 1.807) is 0 Å². The second-order valence-electron chi connectivity index (χ2n) is 4.99. The first-order valence-corrected chi connectivity index (χ1v) is 7.68. The van der Waals surface area contributed by atoms with Crippen molar-refractivity contribution in [1.29, 1.82) is 0 Å². The maximum atomic E-state index is 4.60. The highest BCUT2D eigenvalue weighted by atomic mass is 15.1. The summed E-state index contributed by atoms with van der Waals surface area (Å²) in [6, 6.07) is 6.29. The molecule has 0 atom stereocenters. The third-order valence-corrected chi connectivity index (χ3v) is 3.22. The molecule has 0 aliphatic carbocycles. The Morgan fingerprint density at radius 3 is 2.32 bits per heavy atom. The predicted octanol–water partition coefficient (Wildman–Crippen LogP) is 2.86. The first kappa shape index (κ1) is 16.1. The number of rotatable bonds is 10. The Labute approximate surface area is 118 Å². The maximum absolute atomic E-state index is 4.60. The lowest BCUT2D eigenvalue weighted by Crippen LogP contribution is -2.33. The summed E-state index contributed by atoms with van der Waals surface area (Å²) >= 11 is 0. The van der Waals surface area contributed by atoms with Gasteiger partial charge >= 0.3 is 0 Å². The van der Waals surface area contributed by atoms with Crippen LogP contribution >= 0.6 is 0 Å². The molecule has 1 N–H and O–H groups in total. The number of hydrogen-bond donors (Lipinski definition) is 1. The smallest absolute Gasteiger partial charge is 0.0544 e. The topological polar surface area (TPSA) is 28.2 Å². The van der Waals surface area contributed by atoms with Crippen molar-refractivity contribution >= 4 is 0 Å². The fourth-order valence-corrected chi connectivity index (χ4v) is 2.25. The molecule has 0 fully saturated rings. The second kappa shape index (κ2) is 9.93. The zero-order valence-corrected chi connectivity index (χ0v) is 12.8. The number of hydrogen-bond acceptors (Lipinski definition) is 3. The standard InChI is InChI=1S/C16H29N3/c1-4-11-19(12-5-2)13-10-17-14-16-9-7-8-15(6-3)18-16/h7-9,17H,4-6,10-14H2,1-3H3. The largest absolute Gasteiger partial charge is 0.310 e. The van der Waals surface area contributed by atoms with Crippen molar-refractivity contribution in [1.82, 2.24) is 15.2 Å². The van der Waals surface area contributed by atoms with Crippen molar-refractivity contribution in [2.75, 3.05) is 26.2 Å². The molecule has 19 heavy (non-hydrogen) atoms. The van der Waals surface area contributed by atoms with Crippen LogP contribution in [0.1, 0.15) is 45.0 Å². The highest BCUT2D eigenvalue weighted by Gasteiger charge is 2.02. The summed E-state index contributed by atoms with van der Waals surface area (Å²) in [6.45, 7) is 12.1. The molecule has 1 rings (SSSR count). The van der Waals surface area contributed by atoms with Gasteiger partial charge in [0.05, 0.1) is 5.69 Å². The summed E-state index contributed by atoms with van der Waals surface area (Å²) in [5.41, 5.74) is 2.33. The van der Waals surface area contributed by atoms with Crippen molar-refractivity contribution in [3.05, 3.63) is 29.6 Å². The van der Waals surface area contributed by atoms with E-state index in [2.05, 4.69) is 54.2 Å². The van der Waals surface area contributed by atoms with E-state index < -0.39 is 0 Å². The van der Waals surface area contributed by atoms with Gasteiger partial charge in [0.1, 0.15) is 0 Å². The summed E-state index contributed by atoms with van der Waals surface area (Å²) in [5, 5.41) is 3.50. The van der Waals surface area contributed by atoms with Crippen LogP contribution in [0.25, 0.3) is 0 Å². The summed E-state index contributed by atoms with van der Waals surface area (Å²) in [5.74, 6) is 0. The molecule has 0 aliphatic rings. The monoisotopic (exact) mass is 263 g/mol. The maximum Gasteiger partial charge on any atom is 0.0544 e. The summed E-state index contributed by atoms with van der Waals surface area (Å²) in [6.07, 6.45) is 3.48. The first-order chi connectivity index (χ1) is 9.30. The molecule has 0 spiro atoms. The zero-order valence-electron chi connectivity index (χ0n) is 12.8. The SMILES string of the molecule is CCCN(CCC)CCNCc1cccc(CC)n1. The van der Waals surface area contributed by atoms with Crippen LogP contribution in [0, 0.1) is 0 Å². The number of nitrogens with zero attached hydrogens (tertiary/aromatic N) is 2. The minimum atomic E-state index is 0.875. The molecule has 1 aromatic rings. The average Bonchev–Trinajstić information content (AvgIpc) is 2.44. The molecule has 0 bridgehead atoms. The van der Waals surface area contributed by atoms with Gasteiger partial charge < -0.3 is 10.2 Å². The van der Waals surface area contributed by atoms with E-state index in [1.807, 2.05) is 0 Å². The number of aromatic nitrogens is 1. The van der Waals surface area contributed by atoms with Gasteiger partial charge in [0, 0.05) is 25.3 Å². The van der Waals surface area contributed by atoms with Gasteiger partial charge in [0.2, 0.25) is 0 Å². The number of nitrogens with one attached hydrogen (secondary N) is 1. The van der Waals surface area contributed by atoms with Gasteiger partial charge in [-0.3, -0.25) is 4.98 Å². The quantitative estimate of drug-likeness (QED) is 0.658. The minimum absolute atomic E-state index is 0.875. The van der Waals surface area contributed by atoms with Crippen LogP contribution in [0.4, 0.5) is 0 Å². The molecule has 0 aromatic carbocycles. The van der Waals surface area contributed by atoms with Crippen molar-refractivity contribution < 1.29 is 0 Å². The van der Waals surface area contributed by atoms with Gasteiger partial charge in [0.15, 0.2) is 0 Å². The molecule has 0 radical (unpaired) electrons. The third kappa shape index (κ3) is 6.69. The van der Waals surface area contributed by atoms with Crippen LogP contribution in [-0.2, 0) is 13.0 Å². The van der Waals surface area contributed by atoms with Gasteiger partial charge in [-0.15, -0.1) is 0 Å². The fraction of sp³-hybridized carbons (Fsp3) is 0.688. The lowest BCUT2D eigenvalue weighted by Gasteiger charge is -2.20. The van der Waals surface area contributed by atoms with Crippen LogP contribution in [-0.4, -0.2) is 36.1 Å². The molecule has 3 nitrogen and oxygen atoms in total. The molecule has 108 valence electrons. The first-order valence-electron chi connectivity index (χ1n) is 7.68. The Hall–Kier alpha value is -0.930. The number of aryl methyl sites for hydroxylation is 1. The lowest BCUT2D eigenvalue weighted by molar-refractivity contribution is 0.274. The van der Waals surface area contributed by atoms with Crippen LogP contribution in [0.3, 0.4) is 0 Å². The normalized spacial score (nSPS) is 11.2. The van der Waals surface area contributed by atoms with Crippen molar-refractivity contribution in [2.24, 2.45) is 0 Å². The second-order valence-corrected chi connectivity index (χ2v) is 4.99. The van der Waals surface area contributed by atoms with Crippen LogP contribution in [0.2, 0.25) is 0 Å². The van der Waals surface area contributed by atoms with E-state index >= 15 is 0 Å². The Balaban J connectivity index is 2.25. The molecular weight excluding hydrogens is 234 g/mol. The summed E-state index contributed by atoms with van der Waals surface area (Å²) in [4.78, 5) is 7.14. The van der Waals surface area contributed by atoms with Crippen molar-refractivity contribution in [2.45, 2.75) is 46.6 Å².